The Hall–Kier alpha value is -0.800. The molecule has 0 aromatic carbocycles. The van der Waals surface area contributed by atoms with E-state index in [4.69, 9.17) is 4.42 Å². The number of nitrogens with one attached hydrogen (secondary N) is 1. The number of furan rings is 1. The van der Waals surface area contributed by atoms with Crippen LogP contribution in [0, 0.1) is 6.92 Å². The predicted molar refractivity (Wildman–Crippen MR) is 48.9 cm³/mol. The molecule has 0 aliphatic carbocycles. The van der Waals surface area contributed by atoms with Crippen LogP contribution in [0.1, 0.15) is 17.7 Å². The molecular formula is C9H16N2O. The van der Waals surface area contributed by atoms with Gasteiger partial charge in [0.05, 0.1) is 0 Å². The zero-order valence-electron chi connectivity index (χ0n) is 8.09. The lowest BCUT2D eigenvalue weighted by Crippen LogP contribution is -2.30. The van der Waals surface area contributed by atoms with Crippen molar-refractivity contribution in [3.05, 3.63) is 23.7 Å². The van der Waals surface area contributed by atoms with Gasteiger partial charge in [0.1, 0.15) is 17.7 Å². The lowest BCUT2D eigenvalue weighted by Gasteiger charge is -2.21. The Labute approximate surface area is 73.4 Å². The Bertz CT molecular complexity index is 242. The largest absolute Gasteiger partial charge is 0.463 e. The van der Waals surface area contributed by atoms with Crippen molar-refractivity contribution in [2.45, 2.75) is 13.1 Å². The van der Waals surface area contributed by atoms with Gasteiger partial charge < -0.3 is 4.42 Å². The lowest BCUT2D eigenvalue weighted by molar-refractivity contribution is 0.225. The molecule has 1 rings (SSSR count). The summed E-state index contributed by atoms with van der Waals surface area (Å²) in [6.07, 6.45) is 0.165. The second-order valence-electron chi connectivity index (χ2n) is 3.10. The quantitative estimate of drug-likeness (QED) is 0.691. The van der Waals surface area contributed by atoms with Crippen LogP contribution >= 0.6 is 0 Å². The van der Waals surface area contributed by atoms with Crippen LogP contribution in [0.2, 0.25) is 0 Å². The maximum Gasteiger partial charge on any atom is 0.135 e. The first-order valence-electron chi connectivity index (χ1n) is 4.05. The Morgan fingerprint density at radius 1 is 1.42 bits per heavy atom. The molecule has 1 N–H and O–H groups in total. The molecule has 0 bridgehead atoms. The molecule has 1 unspecified atom stereocenters. The van der Waals surface area contributed by atoms with Gasteiger partial charge in [0, 0.05) is 0 Å². The smallest absolute Gasteiger partial charge is 0.135 e. The van der Waals surface area contributed by atoms with E-state index in [-0.39, 0.29) is 6.17 Å². The zero-order chi connectivity index (χ0) is 9.14. The topological polar surface area (TPSA) is 28.4 Å². The summed E-state index contributed by atoms with van der Waals surface area (Å²) in [6, 6.07) is 3.97. The molecule has 1 aromatic heterocycles. The zero-order valence-corrected chi connectivity index (χ0v) is 8.09. The van der Waals surface area contributed by atoms with Crippen LogP contribution in [0.3, 0.4) is 0 Å². The Morgan fingerprint density at radius 3 is 2.42 bits per heavy atom. The van der Waals surface area contributed by atoms with E-state index in [1.54, 1.807) is 0 Å². The maximum absolute atomic E-state index is 5.49. The SMILES string of the molecule is CNC(c1ccc(C)o1)N(C)C. The normalized spacial score (nSPS) is 13.8. The van der Waals surface area contributed by atoms with E-state index < -0.39 is 0 Å². The van der Waals surface area contributed by atoms with Gasteiger partial charge in [-0.1, -0.05) is 0 Å². The number of nitrogens with zero attached hydrogens (tertiary/aromatic N) is 1. The molecule has 3 nitrogen and oxygen atoms in total. The lowest BCUT2D eigenvalue weighted by atomic mass is 10.3. The highest BCUT2D eigenvalue weighted by Crippen LogP contribution is 2.16. The fraction of sp³-hybridized carbons (Fsp3) is 0.556. The third-order valence-corrected chi connectivity index (χ3v) is 1.82. The number of hydrogen-bond donors (Lipinski definition) is 1. The first kappa shape index (κ1) is 9.29. The molecule has 0 saturated carbocycles. The standard InChI is InChI=1S/C9H16N2O/c1-7-5-6-8(12-7)9(10-2)11(3)4/h5-6,9-10H,1-4H3. The van der Waals surface area contributed by atoms with Crippen LogP contribution in [0.15, 0.2) is 16.5 Å². The highest BCUT2D eigenvalue weighted by Gasteiger charge is 2.14. The molecule has 1 atom stereocenters. The van der Waals surface area contributed by atoms with E-state index in [2.05, 4.69) is 10.2 Å². The molecule has 0 amide bonds. The monoisotopic (exact) mass is 168 g/mol. The molecule has 0 aliphatic rings. The molecule has 12 heavy (non-hydrogen) atoms. The highest BCUT2D eigenvalue weighted by molar-refractivity contribution is 5.08. The summed E-state index contributed by atoms with van der Waals surface area (Å²) in [5.41, 5.74) is 0. The van der Waals surface area contributed by atoms with E-state index >= 15 is 0 Å². The third-order valence-electron chi connectivity index (χ3n) is 1.82. The first-order chi connectivity index (χ1) is 5.65. The molecule has 0 radical (unpaired) electrons. The van der Waals surface area contributed by atoms with Gasteiger partial charge in [-0.2, -0.15) is 0 Å². The molecule has 0 saturated heterocycles. The second kappa shape index (κ2) is 3.74. The second-order valence-corrected chi connectivity index (χ2v) is 3.10. The number of aryl methyl sites for hydroxylation is 1. The maximum atomic E-state index is 5.49. The van der Waals surface area contributed by atoms with Crippen molar-refractivity contribution in [3.63, 3.8) is 0 Å². The van der Waals surface area contributed by atoms with E-state index in [0.717, 1.165) is 11.5 Å². The minimum Gasteiger partial charge on any atom is -0.463 e. The van der Waals surface area contributed by atoms with Crippen molar-refractivity contribution in [1.29, 1.82) is 0 Å². The van der Waals surface area contributed by atoms with Crippen molar-refractivity contribution in [1.82, 2.24) is 10.2 Å². The van der Waals surface area contributed by atoms with Gasteiger partial charge in [-0.15, -0.1) is 0 Å². The Kier molecular flexibility index (Phi) is 2.89. The average Bonchev–Trinajstić information content (AvgIpc) is 2.37. The molecule has 0 aliphatic heterocycles. The summed E-state index contributed by atoms with van der Waals surface area (Å²) in [6.45, 7) is 1.95. The van der Waals surface area contributed by atoms with Gasteiger partial charge in [-0.3, -0.25) is 10.2 Å². The number of hydrogen-bond acceptors (Lipinski definition) is 3. The van der Waals surface area contributed by atoms with E-state index in [1.165, 1.54) is 0 Å². The van der Waals surface area contributed by atoms with Crippen LogP contribution in [-0.2, 0) is 0 Å². The molecule has 3 heteroatoms. The summed E-state index contributed by atoms with van der Waals surface area (Å²) >= 11 is 0. The highest BCUT2D eigenvalue weighted by atomic mass is 16.3. The molecule has 0 spiro atoms. The van der Waals surface area contributed by atoms with Gasteiger partial charge in [0.25, 0.3) is 0 Å². The van der Waals surface area contributed by atoms with Gasteiger partial charge in [0.2, 0.25) is 0 Å². The summed E-state index contributed by atoms with van der Waals surface area (Å²) in [5.74, 6) is 1.91. The number of rotatable bonds is 3. The third kappa shape index (κ3) is 1.87. The fourth-order valence-corrected chi connectivity index (χ4v) is 1.26. The summed E-state index contributed by atoms with van der Waals surface area (Å²) in [4.78, 5) is 2.07. The summed E-state index contributed by atoms with van der Waals surface area (Å²) in [5, 5.41) is 3.16. The van der Waals surface area contributed by atoms with Crippen LogP contribution in [-0.4, -0.2) is 26.0 Å². The van der Waals surface area contributed by atoms with Crippen molar-refractivity contribution >= 4 is 0 Å². The Balaban J connectivity index is 2.80. The van der Waals surface area contributed by atoms with Gasteiger partial charge in [0.15, 0.2) is 0 Å². The van der Waals surface area contributed by atoms with Crippen molar-refractivity contribution < 1.29 is 4.42 Å². The summed E-state index contributed by atoms with van der Waals surface area (Å²) < 4.78 is 5.49. The van der Waals surface area contributed by atoms with Gasteiger partial charge in [-0.05, 0) is 40.2 Å². The first-order valence-corrected chi connectivity index (χ1v) is 4.05. The molecule has 1 heterocycles. The van der Waals surface area contributed by atoms with Crippen molar-refractivity contribution in [3.8, 4) is 0 Å². The van der Waals surface area contributed by atoms with Crippen LogP contribution in [0.4, 0.5) is 0 Å². The van der Waals surface area contributed by atoms with E-state index in [0.29, 0.717) is 0 Å². The molecule has 1 aromatic rings. The van der Waals surface area contributed by atoms with Crippen molar-refractivity contribution in [2.24, 2.45) is 0 Å². The molecule has 68 valence electrons. The minimum atomic E-state index is 0.165. The van der Waals surface area contributed by atoms with Crippen LogP contribution in [0.5, 0.6) is 0 Å². The molecular weight excluding hydrogens is 152 g/mol. The fourth-order valence-electron chi connectivity index (χ4n) is 1.26. The Morgan fingerprint density at radius 2 is 2.08 bits per heavy atom. The average molecular weight is 168 g/mol. The minimum absolute atomic E-state index is 0.165. The van der Waals surface area contributed by atoms with Gasteiger partial charge >= 0.3 is 0 Å². The van der Waals surface area contributed by atoms with Gasteiger partial charge in [-0.25, -0.2) is 0 Å². The predicted octanol–water partition coefficient (Wildman–Crippen LogP) is 1.37. The van der Waals surface area contributed by atoms with E-state index in [1.807, 2.05) is 40.2 Å². The van der Waals surface area contributed by atoms with E-state index in [9.17, 15) is 0 Å². The van der Waals surface area contributed by atoms with Crippen molar-refractivity contribution in [2.75, 3.05) is 21.1 Å². The van der Waals surface area contributed by atoms with Crippen LogP contribution in [0.25, 0.3) is 0 Å². The molecule has 0 fully saturated rings. The summed E-state index contributed by atoms with van der Waals surface area (Å²) in [7, 11) is 5.94. The van der Waals surface area contributed by atoms with Crippen LogP contribution < -0.4 is 5.32 Å².